The third-order valence-corrected chi connectivity index (χ3v) is 2.71. The fourth-order valence-corrected chi connectivity index (χ4v) is 1.64. The first-order valence-electron chi connectivity index (χ1n) is 5.29. The van der Waals surface area contributed by atoms with Crippen molar-refractivity contribution in [1.82, 2.24) is 14.8 Å². The highest BCUT2D eigenvalue weighted by atomic mass is 79.9. The first kappa shape index (κ1) is 15.1. The van der Waals surface area contributed by atoms with Crippen LogP contribution >= 0.6 is 15.9 Å². The summed E-state index contributed by atoms with van der Waals surface area (Å²) in [6.45, 7) is 0.210. The van der Waals surface area contributed by atoms with E-state index in [1.54, 1.807) is 32.4 Å². The maximum Gasteiger partial charge on any atom is 0.274 e. The molecule has 1 aromatic heterocycles. The SMILES string of the molecule is CN(C)/C(=C/[N+](=O)[O-])N(C=O)Cc1ccc(Br)nc1. The van der Waals surface area contributed by atoms with Gasteiger partial charge in [0.25, 0.3) is 6.20 Å². The summed E-state index contributed by atoms with van der Waals surface area (Å²) in [6, 6.07) is 3.53. The molecule has 0 N–H and O–H groups in total. The van der Waals surface area contributed by atoms with Crippen molar-refractivity contribution in [3.8, 4) is 0 Å². The Morgan fingerprint density at radius 3 is 2.63 bits per heavy atom. The summed E-state index contributed by atoms with van der Waals surface area (Å²) in [5.41, 5.74) is 0.770. The molecule has 0 saturated heterocycles. The Bertz CT molecular complexity index is 487. The summed E-state index contributed by atoms with van der Waals surface area (Å²) in [5, 5.41) is 10.6. The Labute approximate surface area is 118 Å². The van der Waals surface area contributed by atoms with Gasteiger partial charge in [-0.3, -0.25) is 19.8 Å². The van der Waals surface area contributed by atoms with Gasteiger partial charge >= 0.3 is 0 Å². The Morgan fingerprint density at radius 1 is 1.53 bits per heavy atom. The summed E-state index contributed by atoms with van der Waals surface area (Å²) in [7, 11) is 3.26. The minimum Gasteiger partial charge on any atom is -0.359 e. The normalized spacial score (nSPS) is 11.0. The summed E-state index contributed by atoms with van der Waals surface area (Å²) in [6.07, 6.45) is 2.94. The van der Waals surface area contributed by atoms with Crippen LogP contribution in [0.4, 0.5) is 0 Å². The number of hydrogen-bond acceptors (Lipinski definition) is 5. The Hall–Kier alpha value is -1.96. The van der Waals surface area contributed by atoms with Crippen molar-refractivity contribution >= 4 is 22.3 Å². The zero-order valence-corrected chi connectivity index (χ0v) is 12.1. The van der Waals surface area contributed by atoms with Crippen LogP contribution in [0.3, 0.4) is 0 Å². The number of aromatic nitrogens is 1. The predicted molar refractivity (Wildman–Crippen MR) is 72.3 cm³/mol. The standard InChI is InChI=1S/C11H13BrN4O3/c1-14(2)11(7-16(18)19)15(8-17)6-9-3-4-10(12)13-5-9/h3-5,7-8H,6H2,1-2H3/b11-7-. The molecule has 8 heteroatoms. The van der Waals surface area contributed by atoms with Gasteiger partial charge in [0.15, 0.2) is 5.82 Å². The fourth-order valence-electron chi connectivity index (χ4n) is 1.41. The van der Waals surface area contributed by atoms with Crippen molar-refractivity contribution < 1.29 is 9.72 Å². The van der Waals surface area contributed by atoms with Crippen LogP contribution in [0.2, 0.25) is 0 Å². The summed E-state index contributed by atoms with van der Waals surface area (Å²) < 4.78 is 0.683. The molecule has 0 spiro atoms. The lowest BCUT2D eigenvalue weighted by molar-refractivity contribution is -0.405. The first-order valence-corrected chi connectivity index (χ1v) is 6.08. The molecule has 7 nitrogen and oxygen atoms in total. The second-order valence-electron chi connectivity index (χ2n) is 3.89. The number of nitro groups is 1. The molecule has 0 aliphatic heterocycles. The lowest BCUT2D eigenvalue weighted by Gasteiger charge is -2.24. The van der Waals surface area contributed by atoms with E-state index in [4.69, 9.17) is 0 Å². The molecular formula is C11H13BrN4O3. The van der Waals surface area contributed by atoms with Gasteiger partial charge < -0.3 is 4.90 Å². The van der Waals surface area contributed by atoms with Crippen LogP contribution in [0.25, 0.3) is 0 Å². The highest BCUT2D eigenvalue weighted by Crippen LogP contribution is 2.12. The van der Waals surface area contributed by atoms with Gasteiger partial charge in [0.2, 0.25) is 6.41 Å². The van der Waals surface area contributed by atoms with E-state index >= 15 is 0 Å². The molecule has 1 amide bonds. The van der Waals surface area contributed by atoms with Gasteiger partial charge in [0, 0.05) is 20.3 Å². The Kier molecular flexibility index (Phi) is 5.43. The Balaban J connectivity index is 2.95. The molecule has 0 saturated carbocycles. The van der Waals surface area contributed by atoms with Crippen molar-refractivity contribution in [3.63, 3.8) is 0 Å². The second kappa shape index (κ2) is 6.83. The van der Waals surface area contributed by atoms with Crippen molar-refractivity contribution in [3.05, 3.63) is 50.6 Å². The molecule has 0 aliphatic rings. The lowest BCUT2D eigenvalue weighted by Crippen LogP contribution is -2.30. The van der Waals surface area contributed by atoms with Crippen LogP contribution < -0.4 is 0 Å². The largest absolute Gasteiger partial charge is 0.359 e. The monoisotopic (exact) mass is 328 g/mol. The minimum absolute atomic E-state index is 0.197. The number of nitrogens with zero attached hydrogens (tertiary/aromatic N) is 4. The zero-order valence-electron chi connectivity index (χ0n) is 10.5. The quantitative estimate of drug-likeness (QED) is 0.341. The molecule has 0 aromatic carbocycles. The third kappa shape index (κ3) is 4.66. The fraction of sp³-hybridized carbons (Fsp3) is 0.273. The zero-order chi connectivity index (χ0) is 14.4. The van der Waals surface area contributed by atoms with E-state index in [9.17, 15) is 14.9 Å². The molecule has 1 rings (SSSR count). The summed E-state index contributed by atoms with van der Waals surface area (Å²) >= 11 is 3.21. The smallest absolute Gasteiger partial charge is 0.274 e. The van der Waals surface area contributed by atoms with Gasteiger partial charge in [-0.05, 0) is 27.6 Å². The average Bonchev–Trinajstić information content (AvgIpc) is 2.35. The van der Waals surface area contributed by atoms with E-state index in [2.05, 4.69) is 20.9 Å². The highest BCUT2D eigenvalue weighted by molar-refractivity contribution is 9.10. The topological polar surface area (TPSA) is 79.6 Å². The van der Waals surface area contributed by atoms with Crippen molar-refractivity contribution in [2.45, 2.75) is 6.54 Å². The average molecular weight is 329 g/mol. The predicted octanol–water partition coefficient (Wildman–Crippen LogP) is 1.44. The van der Waals surface area contributed by atoms with Gasteiger partial charge in [-0.2, -0.15) is 0 Å². The van der Waals surface area contributed by atoms with Crippen LogP contribution in [0, 0.1) is 10.1 Å². The third-order valence-electron chi connectivity index (χ3n) is 2.24. The van der Waals surface area contributed by atoms with E-state index in [1.807, 2.05) is 0 Å². The van der Waals surface area contributed by atoms with Crippen LogP contribution in [0.5, 0.6) is 0 Å². The number of rotatable bonds is 6. The lowest BCUT2D eigenvalue weighted by atomic mass is 10.3. The Morgan fingerprint density at radius 2 is 2.21 bits per heavy atom. The number of carbonyl (C=O) groups is 1. The van der Waals surface area contributed by atoms with E-state index < -0.39 is 4.92 Å². The number of amides is 1. The maximum atomic E-state index is 11.1. The molecule has 0 aliphatic carbocycles. The molecule has 0 atom stereocenters. The second-order valence-corrected chi connectivity index (χ2v) is 4.70. The van der Waals surface area contributed by atoms with Gasteiger partial charge in [-0.25, -0.2) is 4.98 Å². The maximum absolute atomic E-state index is 11.1. The van der Waals surface area contributed by atoms with Gasteiger partial charge in [-0.1, -0.05) is 6.07 Å². The van der Waals surface area contributed by atoms with Crippen molar-refractivity contribution in [2.75, 3.05) is 14.1 Å². The molecule has 1 aromatic rings. The molecule has 0 bridgehead atoms. The summed E-state index contributed by atoms with van der Waals surface area (Å²) in [4.78, 5) is 27.9. The molecular weight excluding hydrogens is 316 g/mol. The van der Waals surface area contributed by atoms with Crippen molar-refractivity contribution in [1.29, 1.82) is 0 Å². The van der Waals surface area contributed by atoms with Gasteiger partial charge in [0.05, 0.1) is 11.5 Å². The molecule has 0 radical (unpaired) electrons. The number of pyridine rings is 1. The molecule has 19 heavy (non-hydrogen) atoms. The number of hydrogen-bond donors (Lipinski definition) is 0. The van der Waals surface area contributed by atoms with Crippen LogP contribution in [0.1, 0.15) is 5.56 Å². The van der Waals surface area contributed by atoms with Crippen LogP contribution in [-0.2, 0) is 11.3 Å². The van der Waals surface area contributed by atoms with E-state index in [0.717, 1.165) is 11.8 Å². The summed E-state index contributed by atoms with van der Waals surface area (Å²) in [5.74, 6) is 0.197. The number of carbonyl (C=O) groups excluding carboxylic acids is 1. The number of halogens is 1. The molecule has 0 fully saturated rings. The van der Waals surface area contributed by atoms with E-state index in [-0.39, 0.29) is 12.4 Å². The molecule has 0 unspecified atom stereocenters. The van der Waals surface area contributed by atoms with E-state index in [0.29, 0.717) is 11.0 Å². The van der Waals surface area contributed by atoms with Crippen LogP contribution in [0.15, 0.2) is 35.0 Å². The van der Waals surface area contributed by atoms with Gasteiger partial charge in [-0.15, -0.1) is 0 Å². The molecule has 1 heterocycles. The van der Waals surface area contributed by atoms with Crippen LogP contribution in [-0.4, -0.2) is 40.2 Å². The first-order chi connectivity index (χ1) is 8.93. The highest BCUT2D eigenvalue weighted by Gasteiger charge is 2.15. The van der Waals surface area contributed by atoms with Gasteiger partial charge in [0.1, 0.15) is 4.60 Å². The van der Waals surface area contributed by atoms with Crippen molar-refractivity contribution in [2.24, 2.45) is 0 Å². The van der Waals surface area contributed by atoms with E-state index in [1.165, 1.54) is 9.80 Å². The minimum atomic E-state index is -0.592. The molecule has 102 valence electrons.